The van der Waals surface area contributed by atoms with E-state index >= 15 is 0 Å². The average molecular weight is 338 g/mol. The van der Waals surface area contributed by atoms with E-state index in [1.807, 2.05) is 0 Å². The molecule has 0 saturated carbocycles. The van der Waals surface area contributed by atoms with E-state index in [4.69, 9.17) is 9.47 Å². The first kappa shape index (κ1) is 17.5. The van der Waals surface area contributed by atoms with Crippen molar-refractivity contribution in [1.82, 2.24) is 10.3 Å². The molecule has 128 valence electrons. The van der Waals surface area contributed by atoms with Crippen LogP contribution in [0.3, 0.4) is 0 Å². The van der Waals surface area contributed by atoms with E-state index in [-0.39, 0.29) is 23.6 Å². The van der Waals surface area contributed by atoms with Crippen molar-refractivity contribution in [1.29, 1.82) is 0 Å². The number of methoxy groups -OCH3 is 2. The summed E-state index contributed by atoms with van der Waals surface area (Å²) in [4.78, 5) is 16.3. The molecule has 2 rings (SSSR count). The summed E-state index contributed by atoms with van der Waals surface area (Å²) in [6.45, 7) is -2.90. The molecule has 1 N–H and O–H groups in total. The van der Waals surface area contributed by atoms with Gasteiger partial charge >= 0.3 is 6.61 Å². The molecule has 0 atom stereocenters. The summed E-state index contributed by atoms with van der Waals surface area (Å²) < 4.78 is 39.5. The summed E-state index contributed by atoms with van der Waals surface area (Å²) >= 11 is 0. The fourth-order valence-corrected chi connectivity index (χ4v) is 1.98. The van der Waals surface area contributed by atoms with Crippen LogP contribution in [-0.2, 0) is 6.54 Å². The summed E-state index contributed by atoms with van der Waals surface area (Å²) in [6.07, 6.45) is 1.54. The van der Waals surface area contributed by atoms with Crippen molar-refractivity contribution in [3.05, 3.63) is 47.7 Å². The average Bonchev–Trinajstić information content (AvgIpc) is 2.59. The molecular formula is C16H16F2N2O4. The molecule has 8 heteroatoms. The van der Waals surface area contributed by atoms with Crippen LogP contribution in [0.4, 0.5) is 8.78 Å². The number of carbonyl (C=O) groups is 1. The highest BCUT2D eigenvalue weighted by Gasteiger charge is 2.20. The van der Waals surface area contributed by atoms with Crippen LogP contribution in [0.5, 0.6) is 17.4 Å². The number of ether oxygens (including phenoxy) is 3. The van der Waals surface area contributed by atoms with E-state index in [0.717, 1.165) is 5.56 Å². The molecule has 1 heterocycles. The third kappa shape index (κ3) is 4.31. The lowest BCUT2D eigenvalue weighted by Gasteiger charge is -2.14. The van der Waals surface area contributed by atoms with Gasteiger partial charge in [-0.15, -0.1) is 0 Å². The van der Waals surface area contributed by atoms with Gasteiger partial charge in [0.15, 0.2) is 11.5 Å². The number of rotatable bonds is 7. The van der Waals surface area contributed by atoms with E-state index in [2.05, 4.69) is 15.0 Å². The molecule has 0 aliphatic carbocycles. The number of alkyl halides is 2. The predicted molar refractivity (Wildman–Crippen MR) is 81.6 cm³/mol. The molecule has 0 radical (unpaired) electrons. The number of nitrogens with one attached hydrogen (secondary N) is 1. The summed E-state index contributed by atoms with van der Waals surface area (Å²) in [5.74, 6) is -0.375. The Kier molecular flexibility index (Phi) is 5.89. The Morgan fingerprint density at radius 3 is 2.58 bits per heavy atom. The fraction of sp³-hybridized carbons (Fsp3) is 0.250. The van der Waals surface area contributed by atoms with Gasteiger partial charge in [-0.25, -0.2) is 4.98 Å². The van der Waals surface area contributed by atoms with Crippen molar-refractivity contribution in [3.63, 3.8) is 0 Å². The minimum absolute atomic E-state index is 0.0453. The van der Waals surface area contributed by atoms with Crippen LogP contribution >= 0.6 is 0 Å². The number of aromatic nitrogens is 1. The quantitative estimate of drug-likeness (QED) is 0.840. The molecule has 1 aromatic heterocycles. The van der Waals surface area contributed by atoms with E-state index in [9.17, 15) is 13.6 Å². The van der Waals surface area contributed by atoms with E-state index in [0.29, 0.717) is 5.88 Å². The van der Waals surface area contributed by atoms with Crippen LogP contribution in [0.15, 0.2) is 36.5 Å². The van der Waals surface area contributed by atoms with Gasteiger partial charge in [0, 0.05) is 18.8 Å². The minimum Gasteiger partial charge on any atom is -0.493 e. The van der Waals surface area contributed by atoms with Gasteiger partial charge in [0.1, 0.15) is 0 Å². The highest BCUT2D eigenvalue weighted by molar-refractivity contribution is 5.97. The lowest BCUT2D eigenvalue weighted by molar-refractivity contribution is -0.0515. The van der Waals surface area contributed by atoms with Gasteiger partial charge in [0.2, 0.25) is 5.88 Å². The van der Waals surface area contributed by atoms with Crippen LogP contribution < -0.4 is 19.5 Å². The Morgan fingerprint density at radius 1 is 1.21 bits per heavy atom. The van der Waals surface area contributed by atoms with Gasteiger partial charge in [-0.3, -0.25) is 4.79 Å². The van der Waals surface area contributed by atoms with Crippen molar-refractivity contribution in [2.24, 2.45) is 0 Å². The summed E-state index contributed by atoms with van der Waals surface area (Å²) in [6, 6.07) is 7.71. The van der Waals surface area contributed by atoms with Crippen LogP contribution in [0, 0.1) is 0 Å². The first-order chi connectivity index (χ1) is 11.5. The normalized spacial score (nSPS) is 10.4. The maximum atomic E-state index is 12.6. The second kappa shape index (κ2) is 8.09. The number of nitrogens with zero attached hydrogens (tertiary/aromatic N) is 1. The fourth-order valence-electron chi connectivity index (χ4n) is 1.98. The molecule has 0 fully saturated rings. The zero-order chi connectivity index (χ0) is 17.5. The Bertz CT molecular complexity index is 693. The SMILES string of the molecule is COc1ccc(CNC(=O)c2cccc(OC)c2OC(F)F)cn1. The van der Waals surface area contributed by atoms with Crippen molar-refractivity contribution in [2.45, 2.75) is 13.2 Å². The minimum atomic E-state index is -3.07. The van der Waals surface area contributed by atoms with Gasteiger partial charge in [-0.05, 0) is 17.7 Å². The first-order valence-corrected chi connectivity index (χ1v) is 6.94. The van der Waals surface area contributed by atoms with Gasteiger partial charge in [-0.1, -0.05) is 12.1 Å². The number of benzene rings is 1. The molecule has 0 aliphatic rings. The molecule has 24 heavy (non-hydrogen) atoms. The number of amides is 1. The largest absolute Gasteiger partial charge is 0.493 e. The highest BCUT2D eigenvalue weighted by Crippen LogP contribution is 2.32. The van der Waals surface area contributed by atoms with Gasteiger partial charge in [-0.2, -0.15) is 8.78 Å². The number of halogens is 2. The second-order valence-electron chi connectivity index (χ2n) is 4.61. The maximum Gasteiger partial charge on any atom is 0.387 e. The van der Waals surface area contributed by atoms with Crippen LogP contribution in [0.2, 0.25) is 0 Å². The number of carbonyl (C=O) groups excluding carboxylic acids is 1. The maximum absolute atomic E-state index is 12.6. The second-order valence-corrected chi connectivity index (χ2v) is 4.61. The lowest BCUT2D eigenvalue weighted by Crippen LogP contribution is -2.24. The van der Waals surface area contributed by atoms with Crippen LogP contribution in [0.1, 0.15) is 15.9 Å². The summed E-state index contributed by atoms with van der Waals surface area (Å²) in [5, 5.41) is 2.62. The van der Waals surface area contributed by atoms with Crippen LogP contribution in [-0.4, -0.2) is 31.7 Å². The number of hydrogen-bond acceptors (Lipinski definition) is 5. The molecule has 0 saturated heterocycles. The Morgan fingerprint density at radius 2 is 2.00 bits per heavy atom. The summed E-state index contributed by atoms with van der Waals surface area (Å²) in [7, 11) is 2.80. The van der Waals surface area contributed by atoms with E-state index in [1.165, 1.54) is 32.4 Å². The van der Waals surface area contributed by atoms with Gasteiger partial charge < -0.3 is 19.5 Å². The monoisotopic (exact) mass is 338 g/mol. The highest BCUT2D eigenvalue weighted by atomic mass is 19.3. The van der Waals surface area contributed by atoms with E-state index < -0.39 is 12.5 Å². The Labute approximate surface area is 137 Å². The smallest absolute Gasteiger partial charge is 0.387 e. The van der Waals surface area contributed by atoms with Crippen molar-refractivity contribution in [3.8, 4) is 17.4 Å². The third-order valence-electron chi connectivity index (χ3n) is 3.11. The molecule has 1 amide bonds. The number of para-hydroxylation sites is 1. The zero-order valence-electron chi connectivity index (χ0n) is 13.1. The molecule has 0 spiro atoms. The van der Waals surface area contributed by atoms with Gasteiger partial charge in [0.25, 0.3) is 5.91 Å². The zero-order valence-corrected chi connectivity index (χ0v) is 13.1. The molecule has 0 bridgehead atoms. The Hall–Kier alpha value is -2.90. The predicted octanol–water partition coefficient (Wildman–Crippen LogP) is 2.63. The van der Waals surface area contributed by atoms with Gasteiger partial charge in [0.05, 0.1) is 19.8 Å². The molecular weight excluding hydrogens is 322 g/mol. The molecule has 0 aliphatic heterocycles. The van der Waals surface area contributed by atoms with Crippen LogP contribution in [0.25, 0.3) is 0 Å². The topological polar surface area (TPSA) is 69.7 Å². The first-order valence-electron chi connectivity index (χ1n) is 6.94. The molecule has 0 unspecified atom stereocenters. The lowest BCUT2D eigenvalue weighted by atomic mass is 10.1. The van der Waals surface area contributed by atoms with Crippen molar-refractivity contribution >= 4 is 5.91 Å². The molecule has 2 aromatic rings. The number of hydrogen-bond donors (Lipinski definition) is 1. The standard InChI is InChI=1S/C16H16F2N2O4/c1-22-12-5-3-4-11(14(12)24-16(17)18)15(21)20-9-10-6-7-13(23-2)19-8-10/h3-8,16H,9H2,1-2H3,(H,20,21). The molecule has 1 aromatic carbocycles. The molecule has 6 nitrogen and oxygen atoms in total. The van der Waals surface area contributed by atoms with E-state index in [1.54, 1.807) is 18.3 Å². The summed E-state index contributed by atoms with van der Waals surface area (Å²) in [5.41, 5.74) is 0.680. The third-order valence-corrected chi connectivity index (χ3v) is 3.11. The Balaban J connectivity index is 2.13. The van der Waals surface area contributed by atoms with Crippen molar-refractivity contribution in [2.75, 3.05) is 14.2 Å². The van der Waals surface area contributed by atoms with Crippen molar-refractivity contribution < 1.29 is 27.8 Å². The number of pyridine rings is 1.